The summed E-state index contributed by atoms with van der Waals surface area (Å²) in [6.07, 6.45) is -0.985. The summed E-state index contributed by atoms with van der Waals surface area (Å²) in [7, 11) is 1.49. The third-order valence-corrected chi connectivity index (χ3v) is 4.37. The predicted octanol–water partition coefficient (Wildman–Crippen LogP) is 3.38. The Labute approximate surface area is 191 Å². The number of hydrogen-bond donors (Lipinski definition) is 1. The smallest absolute Gasteiger partial charge is 0.416 e. The van der Waals surface area contributed by atoms with Crippen molar-refractivity contribution >= 4 is 23.6 Å². The third-order valence-electron chi connectivity index (χ3n) is 4.37. The fraction of sp³-hybridized carbons (Fsp3) is 0.136. The van der Waals surface area contributed by atoms with E-state index in [1.165, 1.54) is 25.8 Å². The van der Waals surface area contributed by atoms with Crippen LogP contribution in [-0.4, -0.2) is 40.4 Å². The molecule has 0 aliphatic heterocycles. The van der Waals surface area contributed by atoms with Crippen LogP contribution in [0.5, 0.6) is 5.75 Å². The molecule has 1 N–H and O–H groups in total. The largest absolute Gasteiger partial charge is 0.497 e. The molecule has 3 rings (SSSR count). The lowest BCUT2D eigenvalue weighted by atomic mass is 10.1. The van der Waals surface area contributed by atoms with Gasteiger partial charge in [0, 0.05) is 0 Å². The highest BCUT2D eigenvalue weighted by Gasteiger charge is 2.31. The number of benzene rings is 2. The molecule has 0 saturated carbocycles. The molecule has 1 heterocycles. The van der Waals surface area contributed by atoms with Crippen molar-refractivity contribution in [1.29, 1.82) is 5.26 Å². The molecular weight excluding hydrogens is 455 g/mol. The maximum atomic E-state index is 13.1. The zero-order valence-corrected chi connectivity index (χ0v) is 17.5. The molecule has 0 spiro atoms. The molecular formula is C22H16F3N5O4. The van der Waals surface area contributed by atoms with Gasteiger partial charge in [-0.2, -0.15) is 23.5 Å². The number of rotatable bonds is 7. The summed E-state index contributed by atoms with van der Waals surface area (Å²) in [5, 5.41) is 15.3. The molecule has 174 valence electrons. The van der Waals surface area contributed by atoms with E-state index in [1.807, 2.05) is 0 Å². The van der Waals surface area contributed by atoms with Crippen molar-refractivity contribution in [1.82, 2.24) is 14.8 Å². The second-order valence-corrected chi connectivity index (χ2v) is 6.64. The summed E-state index contributed by atoms with van der Waals surface area (Å²) >= 11 is 0. The van der Waals surface area contributed by atoms with E-state index in [9.17, 15) is 28.0 Å². The Morgan fingerprint density at radius 3 is 2.53 bits per heavy atom. The molecule has 34 heavy (non-hydrogen) atoms. The van der Waals surface area contributed by atoms with E-state index in [1.54, 1.807) is 30.3 Å². The number of halogens is 3. The molecule has 0 bridgehead atoms. The second kappa shape index (κ2) is 10.3. The number of alkyl halides is 3. The Balaban J connectivity index is 1.72. The van der Waals surface area contributed by atoms with Crippen molar-refractivity contribution in [3.63, 3.8) is 0 Å². The second-order valence-electron chi connectivity index (χ2n) is 6.64. The van der Waals surface area contributed by atoms with Crippen LogP contribution in [0.3, 0.4) is 0 Å². The maximum Gasteiger partial charge on any atom is 0.416 e. The van der Waals surface area contributed by atoms with Crippen molar-refractivity contribution in [3.05, 3.63) is 71.8 Å². The average molecular weight is 471 g/mol. The molecule has 0 atom stereocenters. The molecule has 12 heteroatoms. The van der Waals surface area contributed by atoms with Crippen LogP contribution in [0, 0.1) is 11.3 Å². The lowest BCUT2D eigenvalue weighted by Gasteiger charge is -2.14. The van der Waals surface area contributed by atoms with Gasteiger partial charge in [0.05, 0.1) is 24.0 Å². The van der Waals surface area contributed by atoms with Crippen molar-refractivity contribution in [2.45, 2.75) is 6.18 Å². The van der Waals surface area contributed by atoms with E-state index in [-0.39, 0.29) is 16.9 Å². The van der Waals surface area contributed by atoms with Crippen LogP contribution in [0.1, 0.15) is 11.1 Å². The Morgan fingerprint density at radius 2 is 1.94 bits per heavy atom. The van der Waals surface area contributed by atoms with Crippen LogP contribution >= 0.6 is 0 Å². The van der Waals surface area contributed by atoms with Crippen molar-refractivity contribution < 1.29 is 32.2 Å². The van der Waals surface area contributed by atoms with Crippen LogP contribution in [0.15, 0.2) is 60.7 Å². The van der Waals surface area contributed by atoms with Crippen molar-refractivity contribution in [3.8, 4) is 17.5 Å². The fourth-order valence-corrected chi connectivity index (χ4v) is 2.74. The molecule has 1 aromatic heterocycles. The Hall–Kier alpha value is -4.66. The molecule has 0 aliphatic rings. The van der Waals surface area contributed by atoms with Gasteiger partial charge in [0.1, 0.15) is 30.0 Å². The predicted molar refractivity (Wildman–Crippen MR) is 113 cm³/mol. The lowest BCUT2D eigenvalue weighted by molar-refractivity contribution is -0.142. The highest BCUT2D eigenvalue weighted by atomic mass is 19.4. The molecule has 0 unspecified atom stereocenters. The van der Waals surface area contributed by atoms with Crippen molar-refractivity contribution in [2.24, 2.45) is 0 Å². The molecule has 3 aromatic rings. The van der Waals surface area contributed by atoms with E-state index < -0.39 is 30.2 Å². The van der Waals surface area contributed by atoms with Crippen LogP contribution in [-0.2, 0) is 20.5 Å². The molecule has 0 saturated heterocycles. The first kappa shape index (κ1) is 24.0. The van der Waals surface area contributed by atoms with Gasteiger partial charge < -0.3 is 14.8 Å². The van der Waals surface area contributed by atoms with Gasteiger partial charge in [0.15, 0.2) is 6.61 Å². The molecule has 1 amide bonds. The topological polar surface area (TPSA) is 119 Å². The fourth-order valence-electron chi connectivity index (χ4n) is 2.74. The number of anilines is 1. The van der Waals surface area contributed by atoms with E-state index in [0.29, 0.717) is 11.3 Å². The van der Waals surface area contributed by atoms with E-state index >= 15 is 0 Å². The summed E-state index contributed by atoms with van der Waals surface area (Å²) in [5.74, 6) is -1.42. The van der Waals surface area contributed by atoms with Gasteiger partial charge in [-0.05, 0) is 42.0 Å². The van der Waals surface area contributed by atoms with Crippen LogP contribution in [0.4, 0.5) is 18.9 Å². The number of carbonyl (C=O) groups excluding carboxylic acids is 2. The highest BCUT2D eigenvalue weighted by Crippen LogP contribution is 2.33. The minimum absolute atomic E-state index is 0.113. The number of ether oxygens (including phenoxy) is 2. The number of nitrogens with one attached hydrogen (secondary N) is 1. The zero-order valence-electron chi connectivity index (χ0n) is 17.5. The normalized spacial score (nSPS) is 11.4. The number of esters is 1. The summed E-state index contributed by atoms with van der Waals surface area (Å²) in [6, 6.07) is 10.8. The Kier molecular flexibility index (Phi) is 7.27. The SMILES string of the molecule is COc1ccc(/C=C(\C#N)C(=O)OCC(=O)Nc2cc(C(F)(F)F)ccc2-n2cncn2)cc1. The van der Waals surface area contributed by atoms with Gasteiger partial charge in [0.25, 0.3) is 5.91 Å². The van der Waals surface area contributed by atoms with E-state index in [2.05, 4.69) is 15.4 Å². The molecule has 0 aliphatic carbocycles. The standard InChI is InChI=1S/C22H16F3N5O4/c1-33-17-5-2-14(3-6-17)8-15(10-26)21(32)34-11-20(31)29-18-9-16(22(23,24)25)4-7-19(18)30-13-27-12-28-30/h2-9,12-13H,11H2,1H3,(H,29,31)/b15-8+. The molecule has 0 radical (unpaired) electrons. The number of nitrogens with zero attached hydrogens (tertiary/aromatic N) is 4. The van der Waals surface area contributed by atoms with E-state index in [0.717, 1.165) is 22.9 Å². The zero-order chi connectivity index (χ0) is 24.7. The van der Waals surface area contributed by atoms with Gasteiger partial charge in [-0.25, -0.2) is 14.5 Å². The number of hydrogen-bond acceptors (Lipinski definition) is 7. The van der Waals surface area contributed by atoms with Gasteiger partial charge >= 0.3 is 12.1 Å². The minimum Gasteiger partial charge on any atom is -0.497 e. The maximum absolute atomic E-state index is 13.1. The lowest BCUT2D eigenvalue weighted by Crippen LogP contribution is -2.22. The van der Waals surface area contributed by atoms with Gasteiger partial charge in [0.2, 0.25) is 0 Å². The van der Waals surface area contributed by atoms with Gasteiger partial charge in [-0.1, -0.05) is 12.1 Å². The molecule has 0 fully saturated rings. The summed E-state index contributed by atoms with van der Waals surface area (Å²) in [6.45, 7) is -0.840. The number of methoxy groups -OCH3 is 1. The Morgan fingerprint density at radius 1 is 1.21 bits per heavy atom. The van der Waals surface area contributed by atoms with Crippen LogP contribution in [0.25, 0.3) is 11.8 Å². The van der Waals surface area contributed by atoms with Crippen molar-refractivity contribution in [2.75, 3.05) is 19.0 Å². The number of aromatic nitrogens is 3. The van der Waals surface area contributed by atoms with E-state index in [4.69, 9.17) is 9.47 Å². The summed E-state index contributed by atoms with van der Waals surface area (Å²) in [4.78, 5) is 28.2. The highest BCUT2D eigenvalue weighted by molar-refractivity contribution is 6.00. The van der Waals surface area contributed by atoms with Gasteiger partial charge in [-0.15, -0.1) is 0 Å². The number of nitriles is 1. The quantitative estimate of drug-likeness (QED) is 0.319. The first-order valence-corrected chi connectivity index (χ1v) is 9.50. The number of carbonyl (C=O) groups is 2. The number of amides is 1. The van der Waals surface area contributed by atoms with Crippen LogP contribution in [0.2, 0.25) is 0 Å². The third kappa shape index (κ3) is 5.98. The monoisotopic (exact) mass is 471 g/mol. The average Bonchev–Trinajstić information content (AvgIpc) is 3.35. The Bertz CT molecular complexity index is 1250. The molecule has 9 nitrogen and oxygen atoms in total. The minimum atomic E-state index is -4.65. The summed E-state index contributed by atoms with van der Waals surface area (Å²) in [5.41, 5.74) is -0.976. The first-order chi connectivity index (χ1) is 16.2. The molecule has 2 aromatic carbocycles. The van der Waals surface area contributed by atoms with Gasteiger partial charge in [-0.3, -0.25) is 4.79 Å². The first-order valence-electron chi connectivity index (χ1n) is 9.50. The summed E-state index contributed by atoms with van der Waals surface area (Å²) < 4.78 is 50.4. The van der Waals surface area contributed by atoms with Crippen LogP contribution < -0.4 is 10.1 Å².